The zero-order valence-corrected chi connectivity index (χ0v) is 8.26. The molecule has 0 aliphatic carbocycles. The Morgan fingerprint density at radius 1 is 1.50 bits per heavy atom. The van der Waals surface area contributed by atoms with Crippen LogP contribution in [0.2, 0.25) is 0 Å². The summed E-state index contributed by atoms with van der Waals surface area (Å²) in [6.07, 6.45) is 3.70. The van der Waals surface area contributed by atoms with Crippen LogP contribution in [0.4, 0.5) is 0 Å². The van der Waals surface area contributed by atoms with Gasteiger partial charge in [-0.3, -0.25) is 9.88 Å². The minimum Gasteiger partial charge on any atom is -0.392 e. The summed E-state index contributed by atoms with van der Waals surface area (Å²) in [6, 6.07) is 5.96. The first-order valence-corrected chi connectivity index (χ1v) is 5.15. The zero-order chi connectivity index (χ0) is 9.80. The smallest absolute Gasteiger partial charge is 0.0667 e. The van der Waals surface area contributed by atoms with E-state index in [9.17, 15) is 5.11 Å². The molecule has 1 aromatic rings. The molecule has 0 amide bonds. The summed E-state index contributed by atoms with van der Waals surface area (Å²) in [5, 5.41) is 9.50. The fourth-order valence-corrected chi connectivity index (χ4v) is 1.90. The number of aliphatic hydroxyl groups is 1. The summed E-state index contributed by atoms with van der Waals surface area (Å²) < 4.78 is 0. The van der Waals surface area contributed by atoms with Gasteiger partial charge >= 0.3 is 0 Å². The van der Waals surface area contributed by atoms with Crippen LogP contribution in [0.15, 0.2) is 24.4 Å². The fourth-order valence-electron chi connectivity index (χ4n) is 1.90. The largest absolute Gasteiger partial charge is 0.392 e. The lowest BCUT2D eigenvalue weighted by Crippen LogP contribution is -2.37. The number of pyridine rings is 1. The number of aromatic nitrogens is 1. The van der Waals surface area contributed by atoms with Gasteiger partial charge in [-0.25, -0.2) is 0 Å². The molecule has 2 rings (SSSR count). The van der Waals surface area contributed by atoms with Gasteiger partial charge in [-0.1, -0.05) is 6.07 Å². The number of rotatable bonds is 2. The summed E-state index contributed by atoms with van der Waals surface area (Å²) >= 11 is 0. The van der Waals surface area contributed by atoms with Gasteiger partial charge in [0.2, 0.25) is 0 Å². The first kappa shape index (κ1) is 9.62. The number of β-amino-alcohol motifs (C(OH)–C–C–N with tert-alkyl or cyclic N) is 1. The fraction of sp³-hybridized carbons (Fsp3) is 0.545. The molecule has 3 nitrogen and oxygen atoms in total. The van der Waals surface area contributed by atoms with Crippen molar-refractivity contribution < 1.29 is 5.11 Å². The predicted octanol–water partition coefficient (Wildman–Crippen LogP) is 1.04. The summed E-state index contributed by atoms with van der Waals surface area (Å²) in [4.78, 5) is 6.53. The lowest BCUT2D eigenvalue weighted by molar-refractivity contribution is 0.0662. The molecule has 1 N–H and O–H groups in total. The summed E-state index contributed by atoms with van der Waals surface area (Å²) in [6.45, 7) is 2.72. The molecule has 1 aliphatic heterocycles. The number of hydrogen-bond donors (Lipinski definition) is 1. The molecule has 0 bridgehead atoms. The van der Waals surface area contributed by atoms with Crippen molar-refractivity contribution in [3.05, 3.63) is 30.1 Å². The SMILES string of the molecule is O[C@@H]1CCCN(Cc2ccccn2)C1. The maximum atomic E-state index is 9.50. The van der Waals surface area contributed by atoms with E-state index in [1.165, 1.54) is 0 Å². The highest BCUT2D eigenvalue weighted by atomic mass is 16.3. The van der Waals surface area contributed by atoms with Gasteiger partial charge in [-0.05, 0) is 31.5 Å². The molecule has 0 radical (unpaired) electrons. The van der Waals surface area contributed by atoms with Crippen molar-refractivity contribution in [1.82, 2.24) is 9.88 Å². The third kappa shape index (κ3) is 2.53. The Morgan fingerprint density at radius 2 is 2.43 bits per heavy atom. The highest BCUT2D eigenvalue weighted by Crippen LogP contribution is 2.12. The van der Waals surface area contributed by atoms with Gasteiger partial charge in [0.25, 0.3) is 0 Å². The Hall–Kier alpha value is -0.930. The van der Waals surface area contributed by atoms with E-state index in [1.807, 2.05) is 24.4 Å². The van der Waals surface area contributed by atoms with Crippen LogP contribution in [0.3, 0.4) is 0 Å². The monoisotopic (exact) mass is 192 g/mol. The Bertz CT molecular complexity index is 276. The van der Waals surface area contributed by atoms with Crippen LogP contribution in [0.1, 0.15) is 18.5 Å². The third-order valence-electron chi connectivity index (χ3n) is 2.59. The van der Waals surface area contributed by atoms with Crippen LogP contribution < -0.4 is 0 Å². The molecule has 0 aromatic carbocycles. The van der Waals surface area contributed by atoms with E-state index in [0.29, 0.717) is 0 Å². The van der Waals surface area contributed by atoms with E-state index in [-0.39, 0.29) is 6.10 Å². The van der Waals surface area contributed by atoms with Gasteiger partial charge in [0.1, 0.15) is 0 Å². The number of aliphatic hydroxyl groups excluding tert-OH is 1. The van der Waals surface area contributed by atoms with E-state index in [0.717, 1.165) is 38.2 Å². The standard InChI is InChI=1S/C11H16N2O/c14-11-5-3-7-13(9-11)8-10-4-1-2-6-12-10/h1-2,4,6,11,14H,3,5,7-9H2/t11-/m1/s1. The maximum absolute atomic E-state index is 9.50. The van der Waals surface area contributed by atoms with E-state index in [2.05, 4.69) is 9.88 Å². The van der Waals surface area contributed by atoms with Crippen molar-refractivity contribution in [2.24, 2.45) is 0 Å². The molecule has 0 saturated carbocycles. The minimum absolute atomic E-state index is 0.146. The van der Waals surface area contributed by atoms with Gasteiger partial charge in [-0.15, -0.1) is 0 Å². The van der Waals surface area contributed by atoms with Crippen molar-refractivity contribution in [3.63, 3.8) is 0 Å². The molecule has 3 heteroatoms. The Balaban J connectivity index is 1.91. The van der Waals surface area contributed by atoms with Crippen LogP contribution in [0.25, 0.3) is 0 Å². The number of piperidine rings is 1. The van der Waals surface area contributed by atoms with Crippen LogP contribution >= 0.6 is 0 Å². The average Bonchev–Trinajstić information content (AvgIpc) is 2.19. The minimum atomic E-state index is -0.146. The van der Waals surface area contributed by atoms with E-state index in [1.54, 1.807) is 0 Å². The van der Waals surface area contributed by atoms with Crippen molar-refractivity contribution in [3.8, 4) is 0 Å². The van der Waals surface area contributed by atoms with Gasteiger partial charge in [0.15, 0.2) is 0 Å². The van der Waals surface area contributed by atoms with E-state index < -0.39 is 0 Å². The van der Waals surface area contributed by atoms with Gasteiger partial charge in [0, 0.05) is 19.3 Å². The first-order chi connectivity index (χ1) is 6.84. The number of nitrogens with zero attached hydrogens (tertiary/aromatic N) is 2. The van der Waals surface area contributed by atoms with E-state index in [4.69, 9.17) is 0 Å². The Kier molecular flexibility index (Phi) is 3.11. The molecular weight excluding hydrogens is 176 g/mol. The molecule has 2 heterocycles. The molecular formula is C11H16N2O. The maximum Gasteiger partial charge on any atom is 0.0667 e. The number of hydrogen-bond acceptors (Lipinski definition) is 3. The zero-order valence-electron chi connectivity index (χ0n) is 8.26. The summed E-state index contributed by atoms with van der Waals surface area (Å²) in [7, 11) is 0. The lowest BCUT2D eigenvalue weighted by Gasteiger charge is -2.29. The normalized spacial score (nSPS) is 23.6. The summed E-state index contributed by atoms with van der Waals surface area (Å²) in [5.41, 5.74) is 1.08. The highest BCUT2D eigenvalue weighted by Gasteiger charge is 2.17. The molecule has 0 unspecified atom stereocenters. The van der Waals surface area contributed by atoms with Crippen LogP contribution in [-0.4, -0.2) is 34.2 Å². The molecule has 1 aromatic heterocycles. The first-order valence-electron chi connectivity index (χ1n) is 5.15. The Labute approximate surface area is 84.4 Å². The van der Waals surface area contributed by atoms with E-state index >= 15 is 0 Å². The topological polar surface area (TPSA) is 36.4 Å². The quantitative estimate of drug-likeness (QED) is 0.760. The lowest BCUT2D eigenvalue weighted by atomic mass is 10.1. The van der Waals surface area contributed by atoms with Crippen molar-refractivity contribution in [1.29, 1.82) is 0 Å². The van der Waals surface area contributed by atoms with Gasteiger partial charge in [0.05, 0.1) is 11.8 Å². The van der Waals surface area contributed by atoms with Crippen LogP contribution in [-0.2, 0) is 6.54 Å². The predicted molar refractivity (Wildman–Crippen MR) is 54.8 cm³/mol. The molecule has 14 heavy (non-hydrogen) atoms. The highest BCUT2D eigenvalue weighted by molar-refractivity contribution is 5.03. The molecule has 1 saturated heterocycles. The van der Waals surface area contributed by atoms with Crippen molar-refractivity contribution in [2.75, 3.05) is 13.1 Å². The third-order valence-corrected chi connectivity index (χ3v) is 2.59. The van der Waals surface area contributed by atoms with Crippen molar-refractivity contribution in [2.45, 2.75) is 25.5 Å². The molecule has 1 fully saturated rings. The van der Waals surface area contributed by atoms with Crippen LogP contribution in [0.5, 0.6) is 0 Å². The number of likely N-dealkylation sites (tertiary alicyclic amines) is 1. The molecule has 1 atom stereocenters. The van der Waals surface area contributed by atoms with Gasteiger partial charge < -0.3 is 5.11 Å². The molecule has 76 valence electrons. The second kappa shape index (κ2) is 4.53. The molecule has 1 aliphatic rings. The van der Waals surface area contributed by atoms with Crippen molar-refractivity contribution >= 4 is 0 Å². The average molecular weight is 192 g/mol. The molecule has 0 spiro atoms. The van der Waals surface area contributed by atoms with Gasteiger partial charge in [-0.2, -0.15) is 0 Å². The second-order valence-electron chi connectivity index (χ2n) is 3.85. The van der Waals surface area contributed by atoms with Crippen LogP contribution in [0, 0.1) is 0 Å². The second-order valence-corrected chi connectivity index (χ2v) is 3.85. The summed E-state index contributed by atoms with van der Waals surface area (Å²) in [5.74, 6) is 0. The Morgan fingerprint density at radius 3 is 3.14 bits per heavy atom.